The number of ketones is 1. The van der Waals surface area contributed by atoms with E-state index < -0.39 is 5.41 Å². The Morgan fingerprint density at radius 1 is 1.28 bits per heavy atom. The summed E-state index contributed by atoms with van der Waals surface area (Å²) in [5.74, 6) is 2.34. The molecule has 1 heterocycles. The summed E-state index contributed by atoms with van der Waals surface area (Å²) in [5.41, 5.74) is 2.04. The fourth-order valence-electron chi connectivity index (χ4n) is 6.34. The van der Waals surface area contributed by atoms with Gasteiger partial charge in [0, 0.05) is 11.8 Å². The first-order valence-electron chi connectivity index (χ1n) is 10.1. The van der Waals surface area contributed by atoms with E-state index in [9.17, 15) is 4.79 Å². The van der Waals surface area contributed by atoms with Crippen molar-refractivity contribution in [3.8, 4) is 0 Å². The normalized spacial score (nSPS) is 38.6. The summed E-state index contributed by atoms with van der Waals surface area (Å²) in [6.45, 7) is 17.5. The van der Waals surface area contributed by atoms with Gasteiger partial charge in [0.05, 0.1) is 5.41 Å². The van der Waals surface area contributed by atoms with Gasteiger partial charge < -0.3 is 4.74 Å². The Hall–Kier alpha value is -1.05. The van der Waals surface area contributed by atoms with Crippen LogP contribution in [0.15, 0.2) is 23.0 Å². The molecule has 0 N–H and O–H groups in total. The van der Waals surface area contributed by atoms with Crippen molar-refractivity contribution in [2.24, 2.45) is 28.6 Å². The fourth-order valence-corrected chi connectivity index (χ4v) is 6.34. The molecule has 0 amide bonds. The molecule has 3 aliphatic rings. The zero-order valence-electron chi connectivity index (χ0n) is 17.5. The van der Waals surface area contributed by atoms with Gasteiger partial charge in [-0.3, -0.25) is 4.79 Å². The fraction of sp³-hybridized carbons (Fsp3) is 0.783. The third-order valence-corrected chi connectivity index (χ3v) is 7.50. The van der Waals surface area contributed by atoms with Crippen molar-refractivity contribution in [2.45, 2.75) is 86.7 Å². The average Bonchev–Trinajstić information content (AvgIpc) is 2.95. The van der Waals surface area contributed by atoms with Crippen LogP contribution in [0.5, 0.6) is 0 Å². The molecule has 25 heavy (non-hydrogen) atoms. The molecule has 0 aromatic heterocycles. The summed E-state index contributed by atoms with van der Waals surface area (Å²) in [5, 5.41) is 0. The Morgan fingerprint density at radius 3 is 2.48 bits per heavy atom. The van der Waals surface area contributed by atoms with E-state index in [-0.39, 0.29) is 16.9 Å². The van der Waals surface area contributed by atoms with Crippen molar-refractivity contribution in [1.82, 2.24) is 0 Å². The predicted molar refractivity (Wildman–Crippen MR) is 103 cm³/mol. The monoisotopic (exact) mass is 344 g/mol. The second-order valence-electron chi connectivity index (χ2n) is 10.1. The predicted octanol–water partition coefficient (Wildman–Crippen LogP) is 6.07. The van der Waals surface area contributed by atoms with Crippen molar-refractivity contribution >= 4 is 5.78 Å². The minimum Gasteiger partial charge on any atom is -0.491 e. The van der Waals surface area contributed by atoms with Crippen LogP contribution in [-0.4, -0.2) is 11.4 Å². The highest BCUT2D eigenvalue weighted by molar-refractivity contribution is 5.92. The van der Waals surface area contributed by atoms with Crippen LogP contribution in [0.25, 0.3) is 0 Å². The van der Waals surface area contributed by atoms with Gasteiger partial charge in [0.25, 0.3) is 0 Å². The summed E-state index contributed by atoms with van der Waals surface area (Å²) in [6, 6.07) is 0. The number of carbonyl (C=O) groups is 1. The second kappa shape index (κ2) is 5.72. The van der Waals surface area contributed by atoms with Crippen LogP contribution in [-0.2, 0) is 9.53 Å². The molecule has 140 valence electrons. The Labute approximate surface area is 154 Å². The molecule has 0 spiro atoms. The number of carbonyl (C=O) groups excluding carboxylic acids is 1. The molecule has 1 saturated carbocycles. The highest BCUT2D eigenvalue weighted by Gasteiger charge is 2.75. The number of hydrogen-bond donors (Lipinski definition) is 0. The second-order valence-corrected chi connectivity index (χ2v) is 10.1. The zero-order chi connectivity index (χ0) is 18.8. The lowest BCUT2D eigenvalue weighted by Gasteiger charge is -2.51. The summed E-state index contributed by atoms with van der Waals surface area (Å²) < 4.78 is 6.56. The molecular formula is C23H36O2. The van der Waals surface area contributed by atoms with E-state index in [1.54, 1.807) is 0 Å². The van der Waals surface area contributed by atoms with Crippen LogP contribution >= 0.6 is 0 Å². The number of rotatable bonds is 4. The summed E-state index contributed by atoms with van der Waals surface area (Å²) >= 11 is 0. The van der Waals surface area contributed by atoms with E-state index in [4.69, 9.17) is 4.74 Å². The van der Waals surface area contributed by atoms with Crippen LogP contribution < -0.4 is 0 Å². The highest BCUT2D eigenvalue weighted by atomic mass is 16.5. The quantitative estimate of drug-likeness (QED) is 0.578. The van der Waals surface area contributed by atoms with Crippen LogP contribution in [0.1, 0.15) is 81.1 Å². The average molecular weight is 345 g/mol. The molecule has 0 radical (unpaired) electrons. The molecule has 2 fully saturated rings. The lowest BCUT2D eigenvalue weighted by molar-refractivity contribution is -0.141. The molecule has 1 aliphatic heterocycles. The van der Waals surface area contributed by atoms with Gasteiger partial charge >= 0.3 is 0 Å². The first-order valence-corrected chi connectivity index (χ1v) is 10.1. The zero-order valence-corrected chi connectivity index (χ0v) is 17.5. The molecule has 1 saturated heterocycles. The lowest BCUT2D eigenvalue weighted by atomic mass is 9.49. The molecule has 2 nitrogen and oxygen atoms in total. The number of hydrogen-bond acceptors (Lipinski definition) is 2. The van der Waals surface area contributed by atoms with Crippen LogP contribution in [0.2, 0.25) is 0 Å². The van der Waals surface area contributed by atoms with Crippen LogP contribution in [0.3, 0.4) is 0 Å². The summed E-state index contributed by atoms with van der Waals surface area (Å²) in [4.78, 5) is 13.8. The highest BCUT2D eigenvalue weighted by Crippen LogP contribution is 2.74. The van der Waals surface area contributed by atoms with Gasteiger partial charge in [-0.05, 0) is 77.2 Å². The third kappa shape index (κ3) is 2.32. The molecule has 0 bridgehead atoms. The van der Waals surface area contributed by atoms with Gasteiger partial charge in [0.1, 0.15) is 17.1 Å². The van der Waals surface area contributed by atoms with Crippen molar-refractivity contribution in [2.75, 3.05) is 0 Å². The van der Waals surface area contributed by atoms with Crippen molar-refractivity contribution in [3.63, 3.8) is 0 Å². The minimum atomic E-state index is -0.410. The Balaban J connectivity index is 2.22. The Bertz CT molecular complexity index is 647. The molecule has 3 rings (SSSR count). The molecular weight excluding hydrogens is 308 g/mol. The van der Waals surface area contributed by atoms with Crippen LogP contribution in [0, 0.1) is 28.6 Å². The van der Waals surface area contributed by atoms with Crippen molar-refractivity contribution in [1.29, 1.82) is 0 Å². The van der Waals surface area contributed by atoms with Crippen molar-refractivity contribution in [3.05, 3.63) is 23.0 Å². The van der Waals surface area contributed by atoms with E-state index in [1.807, 2.05) is 0 Å². The van der Waals surface area contributed by atoms with Gasteiger partial charge in [0.15, 0.2) is 0 Å². The van der Waals surface area contributed by atoms with E-state index in [0.29, 0.717) is 17.6 Å². The molecule has 2 aliphatic carbocycles. The summed E-state index contributed by atoms with van der Waals surface area (Å²) in [6.07, 6.45) is 6.75. The van der Waals surface area contributed by atoms with E-state index in [0.717, 1.165) is 31.4 Å². The number of Topliss-reactive ketones (excluding diaryl/α,β-unsaturated/α-hetero) is 1. The summed E-state index contributed by atoms with van der Waals surface area (Å²) in [7, 11) is 0. The van der Waals surface area contributed by atoms with Gasteiger partial charge in [0.2, 0.25) is 0 Å². The molecule has 0 aromatic carbocycles. The SMILES string of the molecule is CC(C)=CCC1CC(C)=C2OC(C)(C)C3CCC1(C)C23C(=O)C(C)C. The maximum absolute atomic E-state index is 13.8. The first-order chi connectivity index (χ1) is 11.5. The maximum atomic E-state index is 13.8. The van der Waals surface area contributed by atoms with Gasteiger partial charge in [-0.1, -0.05) is 32.4 Å². The third-order valence-electron chi connectivity index (χ3n) is 7.50. The van der Waals surface area contributed by atoms with Gasteiger partial charge in [-0.15, -0.1) is 0 Å². The number of ether oxygens (including phenoxy) is 1. The maximum Gasteiger partial charge on any atom is 0.150 e. The van der Waals surface area contributed by atoms with Crippen molar-refractivity contribution < 1.29 is 9.53 Å². The minimum absolute atomic E-state index is 0.00752. The van der Waals surface area contributed by atoms with Gasteiger partial charge in [-0.25, -0.2) is 0 Å². The first kappa shape index (κ1) is 18.7. The smallest absolute Gasteiger partial charge is 0.150 e. The van der Waals surface area contributed by atoms with E-state index >= 15 is 0 Å². The Morgan fingerprint density at radius 2 is 1.92 bits per heavy atom. The Kier molecular flexibility index (Phi) is 4.29. The molecule has 2 heteroatoms. The largest absolute Gasteiger partial charge is 0.491 e. The topological polar surface area (TPSA) is 26.3 Å². The van der Waals surface area contributed by atoms with Crippen LogP contribution in [0.4, 0.5) is 0 Å². The van der Waals surface area contributed by atoms with Gasteiger partial charge in [-0.2, -0.15) is 0 Å². The standard InChI is InChI=1S/C23H36O2/c1-14(2)9-10-17-13-16(5)20-23(19(24)15(3)4)18(21(6,7)25-20)11-12-22(17,23)8/h9,15,17-18H,10-13H2,1-8H3. The number of allylic oxidation sites excluding steroid dienone is 4. The lowest BCUT2D eigenvalue weighted by Crippen LogP contribution is -2.54. The molecule has 4 atom stereocenters. The van der Waals surface area contributed by atoms with E-state index in [2.05, 4.69) is 61.5 Å². The molecule has 0 aromatic rings. The molecule has 4 unspecified atom stereocenters. The van der Waals surface area contributed by atoms with E-state index in [1.165, 1.54) is 11.1 Å².